The monoisotopic (exact) mass is 468 g/mol. The molecule has 0 amide bonds. The van der Waals surface area contributed by atoms with Crippen molar-refractivity contribution in [2.75, 3.05) is 13.2 Å². The van der Waals surface area contributed by atoms with Crippen molar-refractivity contribution in [2.45, 2.75) is 84.7 Å². The number of carbonyl (C=O) groups is 1. The minimum Gasteiger partial charge on any atom is -0.494 e. The van der Waals surface area contributed by atoms with Crippen LogP contribution in [0, 0.1) is 0 Å². The summed E-state index contributed by atoms with van der Waals surface area (Å²) in [5, 5.41) is 8.51. The summed E-state index contributed by atoms with van der Waals surface area (Å²) < 4.78 is 16.8. The molecule has 0 aliphatic carbocycles. The normalized spacial score (nSPS) is 12.1. The third-order valence-corrected chi connectivity index (χ3v) is 5.39. The van der Waals surface area contributed by atoms with Gasteiger partial charge in [-0.2, -0.15) is 10.2 Å². The third kappa shape index (κ3) is 11.4. The van der Waals surface area contributed by atoms with Crippen LogP contribution in [0.15, 0.2) is 58.8 Å². The van der Waals surface area contributed by atoms with Crippen LogP contribution in [0.5, 0.6) is 11.5 Å². The van der Waals surface area contributed by atoms with Gasteiger partial charge in [-0.05, 0) is 68.3 Å². The number of hydrogen-bond donors (Lipinski definition) is 0. The highest BCUT2D eigenvalue weighted by atomic mass is 16.6. The predicted octanol–water partition coefficient (Wildman–Crippen LogP) is 8.34. The lowest BCUT2D eigenvalue weighted by atomic mass is 10.2. The molecule has 0 radical (unpaired) electrons. The molecular weight excluding hydrogens is 428 g/mol. The fourth-order valence-corrected chi connectivity index (χ4v) is 3.26. The molecule has 186 valence electrons. The van der Waals surface area contributed by atoms with Crippen molar-refractivity contribution in [1.82, 2.24) is 0 Å². The van der Waals surface area contributed by atoms with Crippen LogP contribution < -0.4 is 9.47 Å². The lowest BCUT2D eigenvalue weighted by Gasteiger charge is -2.12. The second-order valence-corrected chi connectivity index (χ2v) is 8.45. The van der Waals surface area contributed by atoms with Gasteiger partial charge >= 0.3 is 5.97 Å². The van der Waals surface area contributed by atoms with Gasteiger partial charge in [-0.1, -0.05) is 58.8 Å². The third-order valence-electron chi connectivity index (χ3n) is 5.39. The lowest BCUT2D eigenvalue weighted by molar-refractivity contribution is -0.146. The van der Waals surface area contributed by atoms with Crippen LogP contribution in [-0.2, 0) is 9.53 Å². The van der Waals surface area contributed by atoms with Crippen molar-refractivity contribution in [1.29, 1.82) is 0 Å². The zero-order valence-corrected chi connectivity index (χ0v) is 21.0. The molecule has 1 unspecified atom stereocenters. The van der Waals surface area contributed by atoms with Gasteiger partial charge in [-0.15, -0.1) is 0 Å². The molecule has 1 atom stereocenters. The quantitative estimate of drug-likeness (QED) is 0.101. The lowest BCUT2D eigenvalue weighted by Crippen LogP contribution is -2.26. The highest BCUT2D eigenvalue weighted by molar-refractivity contribution is 5.76. The smallest absolute Gasteiger partial charge is 0.340 e. The molecule has 2 aromatic carbocycles. The van der Waals surface area contributed by atoms with Crippen LogP contribution >= 0.6 is 0 Å². The van der Waals surface area contributed by atoms with E-state index in [4.69, 9.17) is 14.2 Å². The average molecular weight is 469 g/mol. The molecule has 0 saturated heterocycles. The van der Waals surface area contributed by atoms with Gasteiger partial charge in [0.05, 0.1) is 18.0 Å². The standard InChI is InChI=1S/C28H40N2O4/c1-4-6-8-10-12-21-32-23(3)28(31)34-27-19-15-25(16-20-27)30-29-24-13-17-26(18-14-24)33-22-11-9-7-5-2/h13-20,23H,4-12,21-22H2,1-3H3/b30-29+. The molecule has 0 saturated carbocycles. The molecule has 0 fully saturated rings. The molecule has 0 spiro atoms. The van der Waals surface area contributed by atoms with Gasteiger partial charge in [-0.3, -0.25) is 0 Å². The van der Waals surface area contributed by atoms with E-state index in [0.717, 1.165) is 37.3 Å². The van der Waals surface area contributed by atoms with Crippen LogP contribution in [0.4, 0.5) is 11.4 Å². The second kappa shape index (κ2) is 16.8. The first-order chi connectivity index (χ1) is 16.6. The average Bonchev–Trinajstić information content (AvgIpc) is 2.86. The Morgan fingerprint density at radius 3 is 1.79 bits per heavy atom. The van der Waals surface area contributed by atoms with E-state index in [1.807, 2.05) is 24.3 Å². The van der Waals surface area contributed by atoms with Gasteiger partial charge in [0.15, 0.2) is 6.10 Å². The van der Waals surface area contributed by atoms with Gasteiger partial charge in [0.2, 0.25) is 0 Å². The molecule has 0 aromatic heterocycles. The number of benzene rings is 2. The highest BCUT2D eigenvalue weighted by Gasteiger charge is 2.15. The van der Waals surface area contributed by atoms with E-state index in [1.165, 1.54) is 38.5 Å². The van der Waals surface area contributed by atoms with E-state index in [1.54, 1.807) is 31.2 Å². The van der Waals surface area contributed by atoms with Gasteiger partial charge < -0.3 is 14.2 Å². The Bertz CT molecular complexity index is 834. The summed E-state index contributed by atoms with van der Waals surface area (Å²) in [6, 6.07) is 14.5. The Balaban J connectivity index is 1.72. The molecular formula is C28H40N2O4. The molecule has 6 nitrogen and oxygen atoms in total. The van der Waals surface area contributed by atoms with Crippen LogP contribution in [0.25, 0.3) is 0 Å². The number of esters is 1. The molecule has 0 aliphatic heterocycles. The molecule has 0 bridgehead atoms. The van der Waals surface area contributed by atoms with Crippen LogP contribution in [0.2, 0.25) is 0 Å². The van der Waals surface area contributed by atoms with E-state index >= 15 is 0 Å². The zero-order valence-electron chi connectivity index (χ0n) is 21.0. The number of unbranched alkanes of at least 4 members (excludes halogenated alkanes) is 7. The van der Waals surface area contributed by atoms with Crippen molar-refractivity contribution in [2.24, 2.45) is 10.2 Å². The summed E-state index contributed by atoms with van der Waals surface area (Å²) in [4.78, 5) is 12.2. The van der Waals surface area contributed by atoms with Crippen molar-refractivity contribution >= 4 is 17.3 Å². The number of nitrogens with zero attached hydrogens (tertiary/aromatic N) is 2. The number of rotatable bonds is 17. The summed E-state index contributed by atoms with van der Waals surface area (Å²) in [5.41, 5.74) is 1.42. The van der Waals surface area contributed by atoms with E-state index in [0.29, 0.717) is 18.0 Å². The topological polar surface area (TPSA) is 69.5 Å². The zero-order chi connectivity index (χ0) is 24.4. The van der Waals surface area contributed by atoms with E-state index in [9.17, 15) is 4.79 Å². The largest absolute Gasteiger partial charge is 0.494 e. The van der Waals surface area contributed by atoms with Gasteiger partial charge in [0.1, 0.15) is 11.5 Å². The predicted molar refractivity (Wildman–Crippen MR) is 137 cm³/mol. The summed E-state index contributed by atoms with van der Waals surface area (Å²) in [6.07, 6.45) is 9.92. The Kier molecular flexibility index (Phi) is 13.6. The van der Waals surface area contributed by atoms with Gasteiger partial charge in [0, 0.05) is 6.61 Å². The summed E-state index contributed by atoms with van der Waals surface area (Å²) in [6.45, 7) is 7.42. The SMILES string of the molecule is CCCCCCCOC(C)C(=O)Oc1ccc(/N=N/c2ccc(OCCCCCC)cc2)cc1. The fourth-order valence-electron chi connectivity index (χ4n) is 3.26. The molecule has 2 rings (SSSR count). The molecule has 34 heavy (non-hydrogen) atoms. The first kappa shape index (κ1) is 27.5. The Labute approximate surface area is 204 Å². The molecule has 6 heteroatoms. The number of hydrogen-bond acceptors (Lipinski definition) is 6. The second-order valence-electron chi connectivity index (χ2n) is 8.45. The first-order valence-corrected chi connectivity index (χ1v) is 12.7. The number of ether oxygens (including phenoxy) is 3. The van der Waals surface area contributed by atoms with Gasteiger partial charge in [-0.25, -0.2) is 4.79 Å². The Morgan fingerprint density at radius 2 is 1.21 bits per heavy atom. The van der Waals surface area contributed by atoms with Crippen LogP contribution in [0.3, 0.4) is 0 Å². The molecule has 2 aromatic rings. The number of carbonyl (C=O) groups excluding carboxylic acids is 1. The number of azo groups is 1. The minimum absolute atomic E-state index is 0.393. The maximum atomic E-state index is 12.2. The molecule has 0 heterocycles. The van der Waals surface area contributed by atoms with Crippen LogP contribution in [0.1, 0.15) is 78.6 Å². The molecule has 0 aliphatic rings. The summed E-state index contributed by atoms with van der Waals surface area (Å²) >= 11 is 0. The van der Waals surface area contributed by atoms with E-state index in [2.05, 4.69) is 24.1 Å². The maximum absolute atomic E-state index is 12.2. The van der Waals surface area contributed by atoms with Gasteiger partial charge in [0.25, 0.3) is 0 Å². The maximum Gasteiger partial charge on any atom is 0.340 e. The minimum atomic E-state index is -0.589. The summed E-state index contributed by atoms with van der Waals surface area (Å²) in [7, 11) is 0. The van der Waals surface area contributed by atoms with E-state index in [-0.39, 0.29) is 0 Å². The van der Waals surface area contributed by atoms with Crippen molar-refractivity contribution in [3.63, 3.8) is 0 Å². The Hall–Kier alpha value is -2.73. The van der Waals surface area contributed by atoms with Crippen molar-refractivity contribution < 1.29 is 19.0 Å². The van der Waals surface area contributed by atoms with Crippen molar-refractivity contribution in [3.8, 4) is 11.5 Å². The van der Waals surface area contributed by atoms with Crippen LogP contribution in [-0.4, -0.2) is 25.3 Å². The Morgan fingerprint density at radius 1 is 0.706 bits per heavy atom. The van der Waals surface area contributed by atoms with E-state index < -0.39 is 12.1 Å². The first-order valence-electron chi connectivity index (χ1n) is 12.7. The summed E-state index contributed by atoms with van der Waals surface area (Å²) in [5.74, 6) is 0.912. The fraction of sp³-hybridized carbons (Fsp3) is 0.536. The molecule has 0 N–H and O–H groups in total. The van der Waals surface area contributed by atoms with Crippen molar-refractivity contribution in [3.05, 3.63) is 48.5 Å². The highest BCUT2D eigenvalue weighted by Crippen LogP contribution is 2.23.